The molecule has 0 amide bonds. The molecule has 0 aliphatic carbocycles. The van der Waals surface area contributed by atoms with Crippen molar-refractivity contribution in [3.8, 4) is 57.2 Å². The van der Waals surface area contributed by atoms with Gasteiger partial charge in [-0.1, -0.05) is 47.4 Å². The number of hydrogen-bond acceptors (Lipinski definition) is 7. The minimum absolute atomic E-state index is 0. The maximum Gasteiger partial charge on any atom is 2.00 e. The number of benzene rings is 4. The summed E-state index contributed by atoms with van der Waals surface area (Å²) in [5.74, 6) is 3.04. The molecule has 0 saturated heterocycles. The van der Waals surface area contributed by atoms with Crippen molar-refractivity contribution in [3.63, 3.8) is 0 Å². The van der Waals surface area contributed by atoms with E-state index in [2.05, 4.69) is 44.2 Å². The first-order valence-corrected chi connectivity index (χ1v) is 14.7. The Morgan fingerprint density at radius 2 is 1.00 bits per heavy atom. The second-order valence-electron chi connectivity index (χ2n) is 10.4. The number of fused-ring (bicyclic) bond motifs is 3. The van der Waals surface area contributed by atoms with E-state index in [9.17, 15) is 0 Å². The molecule has 4 aromatic carbocycles. The molecule has 0 radical (unpaired) electrons. The van der Waals surface area contributed by atoms with Crippen molar-refractivity contribution < 1.29 is 55.1 Å². The Morgan fingerprint density at radius 1 is 0.510 bits per heavy atom. The molecular formula is C39H23N5O3Pd2. The molecule has 0 atom stereocenters. The zero-order chi connectivity index (χ0) is 31.6. The van der Waals surface area contributed by atoms with E-state index in [0.717, 1.165) is 33.3 Å². The Kier molecular flexibility index (Phi) is 10.2. The minimum atomic E-state index is 0. The van der Waals surface area contributed by atoms with E-state index in [-0.39, 0.29) is 40.8 Å². The van der Waals surface area contributed by atoms with Crippen LogP contribution in [0.1, 0.15) is 0 Å². The molecule has 0 N–H and O–H groups in total. The van der Waals surface area contributed by atoms with Crippen LogP contribution in [0.2, 0.25) is 0 Å². The van der Waals surface area contributed by atoms with Gasteiger partial charge in [0.1, 0.15) is 0 Å². The summed E-state index contributed by atoms with van der Waals surface area (Å²) >= 11 is 0. The van der Waals surface area contributed by atoms with E-state index in [1.807, 2.05) is 102 Å². The van der Waals surface area contributed by atoms with Gasteiger partial charge in [-0.3, -0.25) is 0 Å². The molecular weight excluding hydrogens is 799 g/mol. The largest absolute Gasteiger partial charge is 2.00 e. The summed E-state index contributed by atoms with van der Waals surface area (Å²) in [7, 11) is 1.58. The van der Waals surface area contributed by atoms with Crippen LogP contribution in [0.4, 0.5) is 0 Å². The zero-order valence-corrected chi connectivity index (χ0v) is 28.7. The Hall–Kier alpha value is -5.22. The van der Waals surface area contributed by atoms with Crippen LogP contribution in [-0.4, -0.2) is 31.6 Å². The fraction of sp³-hybridized carbons (Fsp3) is 0.0256. The average molecular weight is 822 g/mol. The quantitative estimate of drug-likeness (QED) is 0.112. The SMILES string of the molecule is COc1cnc(-n2c3[c-]c(Oc4[c-]c(-c5ccccn5)ccc4)ccc3c3ccc(Oc4[c-]c(-c5ccccn5)ccc4)[c-]c32)nc1.[Pd+2].[Pd+2]. The Labute approximate surface area is 310 Å². The number of hydrogen-bond donors (Lipinski definition) is 0. The number of rotatable bonds is 8. The summed E-state index contributed by atoms with van der Waals surface area (Å²) < 4.78 is 19.7. The van der Waals surface area contributed by atoms with Crippen LogP contribution in [0, 0.1) is 24.3 Å². The van der Waals surface area contributed by atoms with Crippen molar-refractivity contribution in [2.45, 2.75) is 0 Å². The van der Waals surface area contributed by atoms with E-state index < -0.39 is 0 Å². The zero-order valence-electron chi connectivity index (χ0n) is 25.6. The first-order chi connectivity index (χ1) is 23.2. The van der Waals surface area contributed by atoms with Gasteiger partial charge in [-0.05, 0) is 23.5 Å². The molecule has 8 rings (SSSR count). The Bertz CT molecular complexity index is 2210. The van der Waals surface area contributed by atoms with E-state index >= 15 is 0 Å². The summed E-state index contributed by atoms with van der Waals surface area (Å²) in [4.78, 5) is 18.0. The molecule has 0 spiro atoms. The van der Waals surface area contributed by atoms with Crippen LogP contribution in [0.25, 0.3) is 50.3 Å². The van der Waals surface area contributed by atoms with E-state index in [1.165, 1.54) is 0 Å². The van der Waals surface area contributed by atoms with E-state index in [0.29, 0.717) is 45.7 Å². The molecule has 0 fully saturated rings. The van der Waals surface area contributed by atoms with Gasteiger partial charge in [0.25, 0.3) is 0 Å². The number of methoxy groups -OCH3 is 1. The molecule has 4 heterocycles. The molecule has 49 heavy (non-hydrogen) atoms. The van der Waals surface area contributed by atoms with Gasteiger partial charge in [-0.15, -0.1) is 71.8 Å². The van der Waals surface area contributed by atoms with Crippen LogP contribution < -0.4 is 14.2 Å². The van der Waals surface area contributed by atoms with Crippen LogP contribution in [0.5, 0.6) is 28.7 Å². The Balaban J connectivity index is 0.00000208. The monoisotopic (exact) mass is 821 g/mol. The van der Waals surface area contributed by atoms with Crippen LogP contribution >= 0.6 is 0 Å². The van der Waals surface area contributed by atoms with Crippen LogP contribution in [0.3, 0.4) is 0 Å². The van der Waals surface area contributed by atoms with Gasteiger partial charge in [0, 0.05) is 35.4 Å². The van der Waals surface area contributed by atoms with Gasteiger partial charge >= 0.3 is 40.8 Å². The molecule has 0 aliphatic heterocycles. The summed E-state index contributed by atoms with van der Waals surface area (Å²) in [6.07, 6.45) is 6.75. The van der Waals surface area contributed by atoms with E-state index in [4.69, 9.17) is 14.2 Å². The first kappa shape index (κ1) is 33.7. The molecule has 8 nitrogen and oxygen atoms in total. The third-order valence-electron chi connectivity index (χ3n) is 7.44. The predicted molar refractivity (Wildman–Crippen MR) is 178 cm³/mol. The second kappa shape index (κ2) is 14.9. The van der Waals surface area contributed by atoms with Crippen molar-refractivity contribution in [2.24, 2.45) is 0 Å². The number of pyridine rings is 2. The number of ether oxygens (including phenoxy) is 3. The van der Waals surface area contributed by atoms with Crippen molar-refractivity contribution in [1.82, 2.24) is 24.5 Å². The molecule has 0 unspecified atom stereocenters. The van der Waals surface area contributed by atoms with Crippen molar-refractivity contribution >= 4 is 21.8 Å². The molecule has 8 aromatic rings. The maximum absolute atomic E-state index is 6.27. The predicted octanol–water partition coefficient (Wildman–Crippen LogP) is 8.49. The summed E-state index contributed by atoms with van der Waals surface area (Å²) in [5, 5.41) is 1.84. The average Bonchev–Trinajstić information content (AvgIpc) is 3.45. The van der Waals surface area contributed by atoms with Crippen LogP contribution in [-0.2, 0) is 40.8 Å². The first-order valence-electron chi connectivity index (χ1n) is 14.7. The third-order valence-corrected chi connectivity index (χ3v) is 7.44. The van der Waals surface area contributed by atoms with Crippen molar-refractivity contribution in [1.29, 1.82) is 0 Å². The van der Waals surface area contributed by atoms with Gasteiger partial charge < -0.3 is 28.7 Å². The molecule has 0 saturated carbocycles. The summed E-state index contributed by atoms with van der Waals surface area (Å²) in [6.45, 7) is 0. The number of nitrogens with zero attached hydrogens (tertiary/aromatic N) is 5. The fourth-order valence-electron chi connectivity index (χ4n) is 5.27. The standard InChI is InChI=1S/C39H23N5O3.2Pd/c1-45-32-24-42-39(43-25-32)44-37-22-30(46-28-10-6-8-26(20-28)35-12-2-4-18-40-35)14-16-33(37)34-17-15-31(23-38(34)44)47-29-11-7-9-27(21-29)36-13-3-5-19-41-36;;/h2-19,24-25H,1H3;;/q-4;2*+2. The second-order valence-corrected chi connectivity index (χ2v) is 10.4. The topological polar surface area (TPSA) is 84.2 Å². The molecule has 242 valence electrons. The van der Waals surface area contributed by atoms with Gasteiger partial charge in [0.05, 0.1) is 19.5 Å². The molecule has 0 aliphatic rings. The fourth-order valence-corrected chi connectivity index (χ4v) is 5.27. The summed E-state index contributed by atoms with van der Waals surface area (Å²) in [6, 6.07) is 44.2. The number of aromatic nitrogens is 5. The van der Waals surface area contributed by atoms with Gasteiger partial charge in [0.15, 0.2) is 5.75 Å². The van der Waals surface area contributed by atoms with E-state index in [1.54, 1.807) is 31.9 Å². The summed E-state index contributed by atoms with van der Waals surface area (Å²) in [5.41, 5.74) is 4.69. The van der Waals surface area contributed by atoms with Gasteiger partial charge in [-0.2, -0.15) is 22.9 Å². The molecule has 4 aromatic heterocycles. The van der Waals surface area contributed by atoms with Crippen molar-refractivity contribution in [3.05, 3.63) is 146 Å². The van der Waals surface area contributed by atoms with Gasteiger partial charge in [0.2, 0.25) is 5.95 Å². The van der Waals surface area contributed by atoms with Gasteiger partial charge in [-0.25, -0.2) is 9.97 Å². The Morgan fingerprint density at radius 3 is 1.45 bits per heavy atom. The molecule has 0 bridgehead atoms. The minimum Gasteiger partial charge on any atom is -0.503 e. The normalized spacial score (nSPS) is 10.6. The van der Waals surface area contributed by atoms with Crippen LogP contribution in [0.15, 0.2) is 122 Å². The third kappa shape index (κ3) is 7.01. The smallest absolute Gasteiger partial charge is 0.503 e. The van der Waals surface area contributed by atoms with Crippen molar-refractivity contribution in [2.75, 3.05) is 7.11 Å². The molecule has 10 heteroatoms. The maximum atomic E-state index is 6.27.